The molecule has 4 aromatic rings. The van der Waals surface area contributed by atoms with Gasteiger partial charge >= 0.3 is 0 Å². The third-order valence-corrected chi connectivity index (χ3v) is 7.80. The van der Waals surface area contributed by atoms with E-state index >= 15 is 0 Å². The van der Waals surface area contributed by atoms with Crippen molar-refractivity contribution in [3.8, 4) is 11.6 Å². The standard InChI is InChI=1S/C30H36N8O3/c1-5-13-37-28(39)22-16-32-29(34-20-8-9-23-24(14-20)41-17-21(33-23)15-31-18(3)4)36-27(22)38(37)25-10-7-19-11-12-30(40,6-2)26(19)35-25/h5,7-10,14,16,18,21,31,33,40H,1,6,11-13,15,17H2,2-4H3,(H,32,34,36)/t21-,30+/m0/s1. The summed E-state index contributed by atoms with van der Waals surface area (Å²) in [7, 11) is 0. The van der Waals surface area contributed by atoms with E-state index in [9.17, 15) is 9.90 Å². The van der Waals surface area contributed by atoms with E-state index in [0.717, 1.165) is 35.7 Å². The van der Waals surface area contributed by atoms with E-state index in [1.54, 1.807) is 10.8 Å². The molecule has 0 saturated carbocycles. The quantitative estimate of drug-likeness (QED) is 0.228. The Morgan fingerprint density at radius 2 is 2.15 bits per heavy atom. The van der Waals surface area contributed by atoms with Gasteiger partial charge in [-0.2, -0.15) is 4.98 Å². The number of hydrogen-bond donors (Lipinski definition) is 4. The lowest BCUT2D eigenvalue weighted by atomic mass is 9.98. The Morgan fingerprint density at radius 3 is 2.93 bits per heavy atom. The first kappa shape index (κ1) is 27.0. The van der Waals surface area contributed by atoms with Gasteiger partial charge in [0.15, 0.2) is 11.5 Å². The Balaban J connectivity index is 1.34. The Morgan fingerprint density at radius 1 is 1.29 bits per heavy atom. The molecule has 0 amide bonds. The van der Waals surface area contributed by atoms with Gasteiger partial charge in [-0.15, -0.1) is 6.58 Å². The fourth-order valence-electron chi connectivity index (χ4n) is 5.52. The normalized spacial score (nSPS) is 19.5. The maximum Gasteiger partial charge on any atom is 0.278 e. The van der Waals surface area contributed by atoms with Crippen molar-refractivity contribution in [3.05, 3.63) is 70.8 Å². The summed E-state index contributed by atoms with van der Waals surface area (Å²) in [5, 5.41) is 21.7. The fourth-order valence-corrected chi connectivity index (χ4v) is 5.52. The molecule has 0 unspecified atom stereocenters. The number of fused-ring (bicyclic) bond motifs is 3. The van der Waals surface area contributed by atoms with Crippen LogP contribution in [0.2, 0.25) is 0 Å². The summed E-state index contributed by atoms with van der Waals surface area (Å²) in [4.78, 5) is 27.4. The highest BCUT2D eigenvalue weighted by Crippen LogP contribution is 2.38. The zero-order chi connectivity index (χ0) is 28.7. The number of ether oxygens (including phenoxy) is 1. The number of aryl methyl sites for hydroxylation is 1. The monoisotopic (exact) mass is 556 g/mol. The number of rotatable bonds is 9. The summed E-state index contributed by atoms with van der Waals surface area (Å²) < 4.78 is 9.25. The molecule has 2 atom stereocenters. The first-order valence-electron chi connectivity index (χ1n) is 14.2. The minimum atomic E-state index is -0.978. The van der Waals surface area contributed by atoms with Crippen LogP contribution in [0, 0.1) is 0 Å². The molecule has 41 heavy (non-hydrogen) atoms. The molecule has 2 aliphatic rings. The second-order valence-electron chi connectivity index (χ2n) is 11.0. The molecule has 0 fully saturated rings. The molecule has 0 bridgehead atoms. The fraction of sp³-hybridized carbons (Fsp3) is 0.400. The molecule has 1 aromatic carbocycles. The lowest BCUT2D eigenvalue weighted by molar-refractivity contribution is 0.0306. The van der Waals surface area contributed by atoms with Crippen molar-refractivity contribution in [1.82, 2.24) is 29.6 Å². The molecule has 4 heterocycles. The van der Waals surface area contributed by atoms with Crippen molar-refractivity contribution in [2.45, 2.75) is 64.3 Å². The maximum atomic E-state index is 13.4. The van der Waals surface area contributed by atoms with Crippen LogP contribution in [0.1, 0.15) is 44.9 Å². The number of benzene rings is 1. The number of aliphatic hydroxyl groups is 1. The van der Waals surface area contributed by atoms with Gasteiger partial charge in [0.1, 0.15) is 23.3 Å². The molecule has 4 N–H and O–H groups in total. The molecule has 1 aliphatic carbocycles. The summed E-state index contributed by atoms with van der Waals surface area (Å²) in [6, 6.07) is 10.3. The van der Waals surface area contributed by atoms with Crippen molar-refractivity contribution < 1.29 is 9.84 Å². The third kappa shape index (κ3) is 4.95. The Hall–Kier alpha value is -4.22. The highest BCUT2D eigenvalue weighted by Gasteiger charge is 2.37. The van der Waals surface area contributed by atoms with Gasteiger partial charge in [0, 0.05) is 30.5 Å². The van der Waals surface area contributed by atoms with E-state index in [1.165, 1.54) is 10.9 Å². The molecular weight excluding hydrogens is 520 g/mol. The van der Waals surface area contributed by atoms with Gasteiger partial charge in [-0.1, -0.05) is 32.9 Å². The second-order valence-corrected chi connectivity index (χ2v) is 11.0. The van der Waals surface area contributed by atoms with Crippen molar-refractivity contribution in [3.63, 3.8) is 0 Å². The predicted molar refractivity (Wildman–Crippen MR) is 159 cm³/mol. The van der Waals surface area contributed by atoms with Crippen molar-refractivity contribution in [2.24, 2.45) is 0 Å². The Labute approximate surface area is 238 Å². The predicted octanol–water partition coefficient (Wildman–Crippen LogP) is 3.62. The number of nitrogens with zero attached hydrogens (tertiary/aromatic N) is 5. The first-order valence-corrected chi connectivity index (χ1v) is 14.2. The van der Waals surface area contributed by atoms with E-state index in [-0.39, 0.29) is 18.1 Å². The topological polar surface area (TPSA) is 131 Å². The SMILES string of the molecule is C=CCn1c(=O)c2cnc(Nc3ccc4c(c3)OC[C@H](CNC(C)C)N4)nc2n1-c1ccc2c(n1)[C@@](O)(CC)CC2. The first-order chi connectivity index (χ1) is 19.8. The summed E-state index contributed by atoms with van der Waals surface area (Å²) in [6.45, 7) is 11.7. The van der Waals surface area contributed by atoms with Crippen LogP contribution in [0.3, 0.4) is 0 Å². The van der Waals surface area contributed by atoms with Gasteiger partial charge in [-0.3, -0.25) is 4.79 Å². The van der Waals surface area contributed by atoms with E-state index in [4.69, 9.17) is 14.7 Å². The Bertz CT molecular complexity index is 1680. The maximum absolute atomic E-state index is 13.4. The molecule has 0 spiro atoms. The van der Waals surface area contributed by atoms with Crippen LogP contribution in [0.25, 0.3) is 16.9 Å². The van der Waals surface area contributed by atoms with Crippen molar-refractivity contribution >= 4 is 28.4 Å². The molecule has 214 valence electrons. The van der Waals surface area contributed by atoms with Gasteiger partial charge in [-0.05, 0) is 43.0 Å². The van der Waals surface area contributed by atoms with Gasteiger partial charge in [0.05, 0.1) is 24.0 Å². The van der Waals surface area contributed by atoms with Gasteiger partial charge in [0.25, 0.3) is 5.56 Å². The molecule has 0 radical (unpaired) electrons. The summed E-state index contributed by atoms with van der Waals surface area (Å²) in [5.74, 6) is 1.58. The van der Waals surface area contributed by atoms with Crippen LogP contribution < -0.4 is 26.2 Å². The summed E-state index contributed by atoms with van der Waals surface area (Å²) >= 11 is 0. The second kappa shape index (κ2) is 10.6. The third-order valence-electron chi connectivity index (χ3n) is 7.80. The minimum Gasteiger partial charge on any atom is -0.489 e. The van der Waals surface area contributed by atoms with Crippen LogP contribution >= 0.6 is 0 Å². The zero-order valence-corrected chi connectivity index (χ0v) is 23.6. The number of anilines is 3. The lowest BCUT2D eigenvalue weighted by Crippen LogP contribution is -2.42. The molecule has 1 aliphatic heterocycles. The largest absolute Gasteiger partial charge is 0.489 e. The summed E-state index contributed by atoms with van der Waals surface area (Å²) in [6.07, 6.45) is 5.15. The number of hydrogen-bond acceptors (Lipinski definition) is 9. The highest BCUT2D eigenvalue weighted by molar-refractivity contribution is 5.77. The zero-order valence-electron chi connectivity index (χ0n) is 23.6. The van der Waals surface area contributed by atoms with E-state index < -0.39 is 5.60 Å². The van der Waals surface area contributed by atoms with Crippen molar-refractivity contribution in [1.29, 1.82) is 0 Å². The molecule has 11 heteroatoms. The van der Waals surface area contributed by atoms with Crippen LogP contribution in [0.4, 0.5) is 17.3 Å². The number of aromatic nitrogens is 5. The molecular formula is C30H36N8O3. The van der Waals surface area contributed by atoms with Crippen molar-refractivity contribution in [2.75, 3.05) is 23.8 Å². The Kier molecular flexibility index (Phi) is 7.00. The minimum absolute atomic E-state index is 0.187. The average Bonchev–Trinajstić information content (AvgIpc) is 3.45. The van der Waals surface area contributed by atoms with E-state index in [2.05, 4.69) is 41.4 Å². The van der Waals surface area contributed by atoms with E-state index in [1.807, 2.05) is 37.3 Å². The molecule has 0 saturated heterocycles. The number of allylic oxidation sites excluding steroid dienone is 1. The van der Waals surface area contributed by atoms with Crippen LogP contribution in [-0.4, -0.2) is 54.7 Å². The number of nitrogens with one attached hydrogen (secondary N) is 3. The lowest BCUT2D eigenvalue weighted by Gasteiger charge is -2.28. The van der Waals surface area contributed by atoms with Gasteiger partial charge < -0.3 is 25.8 Å². The molecule has 6 rings (SSSR count). The van der Waals surface area contributed by atoms with E-state index in [0.29, 0.717) is 54.0 Å². The van der Waals surface area contributed by atoms with Crippen LogP contribution in [0.15, 0.2) is 54.0 Å². The molecule has 3 aromatic heterocycles. The van der Waals surface area contributed by atoms with Crippen LogP contribution in [-0.2, 0) is 18.6 Å². The number of pyridine rings is 1. The molecule has 11 nitrogen and oxygen atoms in total. The highest BCUT2D eigenvalue weighted by atomic mass is 16.5. The van der Waals surface area contributed by atoms with Crippen LogP contribution in [0.5, 0.6) is 5.75 Å². The smallest absolute Gasteiger partial charge is 0.278 e. The van der Waals surface area contributed by atoms with Gasteiger partial charge in [0.2, 0.25) is 5.95 Å². The summed E-state index contributed by atoms with van der Waals surface area (Å²) in [5.41, 5.74) is 2.56. The van der Waals surface area contributed by atoms with Gasteiger partial charge in [-0.25, -0.2) is 19.3 Å². The average molecular weight is 557 g/mol.